The average Bonchev–Trinajstić information content (AvgIpc) is 3.21. The van der Waals surface area contributed by atoms with Gasteiger partial charge in [0.1, 0.15) is 18.3 Å². The number of halogens is 3. The summed E-state index contributed by atoms with van der Waals surface area (Å²) in [5.41, 5.74) is 0.646. The number of aromatic nitrogens is 1. The number of thiazole rings is 1. The van der Waals surface area contributed by atoms with E-state index in [-0.39, 0.29) is 17.0 Å². The van der Waals surface area contributed by atoms with Gasteiger partial charge in [-0.3, -0.25) is 9.69 Å². The monoisotopic (exact) mass is 599 g/mol. The van der Waals surface area contributed by atoms with Crippen molar-refractivity contribution in [2.24, 2.45) is 0 Å². The van der Waals surface area contributed by atoms with E-state index < -0.39 is 55.4 Å². The van der Waals surface area contributed by atoms with Crippen molar-refractivity contribution in [1.29, 1.82) is 0 Å². The molecule has 0 saturated carbocycles. The lowest BCUT2D eigenvalue weighted by Gasteiger charge is -2.49. The zero-order chi connectivity index (χ0) is 25.5. The van der Waals surface area contributed by atoms with Crippen molar-refractivity contribution in [2.75, 3.05) is 25.2 Å². The summed E-state index contributed by atoms with van der Waals surface area (Å²) in [6, 6.07) is 6.05. The molecule has 2 aliphatic rings. The number of fused-ring (bicyclic) bond motifs is 2. The van der Waals surface area contributed by atoms with Gasteiger partial charge in [-0.1, -0.05) is 58.7 Å². The number of ether oxygens (including phenoxy) is 2. The number of hydrogen-bond donors (Lipinski definition) is 1. The largest absolute Gasteiger partial charge is 0.456 e. The maximum atomic E-state index is 13.1. The highest BCUT2D eigenvalue weighted by Gasteiger charge is 2.61. The van der Waals surface area contributed by atoms with Gasteiger partial charge in [0, 0.05) is 5.75 Å². The number of rotatable bonds is 6. The first-order valence-corrected chi connectivity index (χ1v) is 14.4. The zero-order valence-corrected chi connectivity index (χ0v) is 22.4. The van der Waals surface area contributed by atoms with Crippen molar-refractivity contribution in [3.05, 3.63) is 35.5 Å². The molecule has 0 bridgehead atoms. The summed E-state index contributed by atoms with van der Waals surface area (Å²) in [5, 5.41) is 0.691. The molecule has 1 fully saturated rings. The summed E-state index contributed by atoms with van der Waals surface area (Å²) in [6.45, 7) is -0.623. The van der Waals surface area contributed by atoms with E-state index in [4.69, 9.17) is 39.5 Å². The fourth-order valence-corrected chi connectivity index (χ4v) is 7.98. The van der Waals surface area contributed by atoms with Crippen molar-refractivity contribution in [3.63, 3.8) is 0 Å². The molecular formula is C19H16Cl3N3O7S3. The van der Waals surface area contributed by atoms with Gasteiger partial charge in [-0.15, -0.1) is 11.3 Å². The molecule has 2 atom stereocenters. The molecule has 0 spiro atoms. The Labute approximate surface area is 222 Å². The molecule has 2 aliphatic heterocycles. The number of alkyl carbamates (subject to hydrolysis) is 1. The number of benzene rings is 1. The smallest absolute Gasteiger partial charge is 0.407 e. The van der Waals surface area contributed by atoms with Crippen LogP contribution in [0.5, 0.6) is 0 Å². The number of thioether (sulfide) groups is 1. The first-order chi connectivity index (χ1) is 16.4. The second-order valence-corrected chi connectivity index (χ2v) is 14.3. The molecule has 3 heterocycles. The summed E-state index contributed by atoms with van der Waals surface area (Å²) >= 11 is 19.6. The van der Waals surface area contributed by atoms with E-state index >= 15 is 0 Å². The van der Waals surface area contributed by atoms with Gasteiger partial charge in [-0.25, -0.2) is 23.0 Å². The quantitative estimate of drug-likeness (QED) is 0.230. The fraction of sp³-hybridized carbons (Fsp3) is 0.368. The molecule has 1 unspecified atom stereocenters. The van der Waals surface area contributed by atoms with Crippen LogP contribution in [0, 0.1) is 0 Å². The highest BCUT2D eigenvalue weighted by molar-refractivity contribution is 8.01. The van der Waals surface area contributed by atoms with E-state index in [9.17, 15) is 22.8 Å². The molecule has 188 valence electrons. The highest BCUT2D eigenvalue weighted by atomic mass is 35.6. The number of sulfone groups is 1. The van der Waals surface area contributed by atoms with Crippen LogP contribution in [0.4, 0.5) is 4.79 Å². The third-order valence-electron chi connectivity index (χ3n) is 5.03. The Balaban J connectivity index is 1.66. The SMILES string of the molecule is COC(=O)NC1C(=O)N2C(C(=O)OCC(Cl)(Cl)Cl)=C(CSc3nc4ccccc4s3)CS(=O)(=O)[C@H]12. The van der Waals surface area contributed by atoms with Crippen LogP contribution in [0.2, 0.25) is 0 Å². The third-order valence-corrected chi connectivity index (χ3v) is 9.59. The van der Waals surface area contributed by atoms with Crippen LogP contribution in [0.25, 0.3) is 10.2 Å². The maximum Gasteiger partial charge on any atom is 0.407 e. The Morgan fingerprint density at radius 3 is 2.69 bits per heavy atom. The molecule has 0 aliphatic carbocycles. The molecular weight excluding hydrogens is 585 g/mol. The van der Waals surface area contributed by atoms with Gasteiger partial charge >= 0.3 is 12.1 Å². The lowest BCUT2D eigenvalue weighted by Crippen LogP contribution is -2.74. The Bertz CT molecular complexity index is 1310. The second-order valence-electron chi connectivity index (χ2n) is 7.40. The highest BCUT2D eigenvalue weighted by Crippen LogP contribution is 2.40. The van der Waals surface area contributed by atoms with Gasteiger partial charge < -0.3 is 14.8 Å². The molecule has 4 rings (SSSR count). The van der Waals surface area contributed by atoms with Gasteiger partial charge in [0.05, 0.1) is 23.1 Å². The van der Waals surface area contributed by atoms with Crippen LogP contribution in [0.3, 0.4) is 0 Å². The third kappa shape index (κ3) is 5.49. The minimum atomic E-state index is -3.99. The lowest BCUT2D eigenvalue weighted by molar-refractivity contribution is -0.151. The number of esters is 1. The van der Waals surface area contributed by atoms with Gasteiger partial charge in [-0.2, -0.15) is 0 Å². The van der Waals surface area contributed by atoms with Crippen LogP contribution in [-0.2, 0) is 28.9 Å². The first kappa shape index (κ1) is 26.3. The fourth-order valence-electron chi connectivity index (χ4n) is 3.59. The number of β-lactam (4-membered cyclic amide) rings is 1. The predicted molar refractivity (Wildman–Crippen MR) is 132 cm³/mol. The second kappa shape index (κ2) is 9.94. The number of carbonyl (C=O) groups is 3. The number of methoxy groups -OCH3 is 1. The molecule has 0 radical (unpaired) electrons. The van der Waals surface area contributed by atoms with Crippen molar-refractivity contribution in [1.82, 2.24) is 15.2 Å². The summed E-state index contributed by atoms with van der Waals surface area (Å²) in [5.74, 6) is -2.35. The van der Waals surface area contributed by atoms with Crippen molar-refractivity contribution in [3.8, 4) is 0 Å². The predicted octanol–water partition coefficient (Wildman–Crippen LogP) is 2.88. The molecule has 1 aromatic carbocycles. The first-order valence-electron chi connectivity index (χ1n) is 9.74. The van der Waals surface area contributed by atoms with Crippen molar-refractivity contribution >= 4 is 95.9 Å². The number of para-hydroxylation sites is 1. The standard InChI is InChI=1S/C19H16Cl3N3O7S3/c1-31-17(28)24-12-14(26)25-13(16(27)32-8-19(20,21)22)9(7-35(29,30)15(12)25)6-33-18-23-10-4-2-3-5-11(10)34-18/h2-5,12,15H,6-8H2,1H3,(H,24,28)/t12?,15-/m1/s1. The van der Waals surface area contributed by atoms with E-state index in [0.717, 1.165) is 22.2 Å². The van der Waals surface area contributed by atoms with Crippen LogP contribution in [0.1, 0.15) is 0 Å². The Hall–Kier alpha value is -1.77. The van der Waals surface area contributed by atoms with Crippen LogP contribution < -0.4 is 5.32 Å². The van der Waals surface area contributed by atoms with Crippen molar-refractivity contribution in [2.45, 2.75) is 19.5 Å². The minimum absolute atomic E-state index is 0.0306. The normalized spacial score (nSPS) is 21.4. The molecule has 1 saturated heterocycles. The van der Waals surface area contributed by atoms with Gasteiger partial charge in [0.15, 0.2) is 19.6 Å². The van der Waals surface area contributed by atoms with E-state index in [0.29, 0.717) is 4.34 Å². The molecule has 1 N–H and O–H groups in total. The topological polar surface area (TPSA) is 132 Å². The number of hydrogen-bond acceptors (Lipinski definition) is 10. The summed E-state index contributed by atoms with van der Waals surface area (Å²) in [7, 11) is -2.92. The molecule has 2 aromatic rings. The van der Waals surface area contributed by atoms with E-state index in [1.807, 2.05) is 24.3 Å². The Kier molecular flexibility index (Phi) is 7.47. The Morgan fingerprint density at radius 2 is 2.03 bits per heavy atom. The van der Waals surface area contributed by atoms with Crippen LogP contribution in [-0.4, -0.2) is 76.7 Å². The number of amides is 2. The zero-order valence-electron chi connectivity index (χ0n) is 17.7. The number of carbonyl (C=O) groups excluding carboxylic acids is 3. The van der Waals surface area contributed by atoms with Crippen molar-refractivity contribution < 1.29 is 32.3 Å². The Morgan fingerprint density at radius 1 is 1.31 bits per heavy atom. The summed E-state index contributed by atoms with van der Waals surface area (Å²) in [6.07, 6.45) is -0.986. The number of nitrogens with zero attached hydrogens (tertiary/aromatic N) is 2. The molecule has 1 aromatic heterocycles. The van der Waals surface area contributed by atoms with Gasteiger partial charge in [0.2, 0.25) is 3.79 Å². The minimum Gasteiger partial charge on any atom is -0.456 e. The molecule has 35 heavy (non-hydrogen) atoms. The average molecular weight is 601 g/mol. The summed E-state index contributed by atoms with van der Waals surface area (Å²) < 4.78 is 35.3. The van der Waals surface area contributed by atoms with E-state index in [1.54, 1.807) is 0 Å². The van der Waals surface area contributed by atoms with E-state index in [1.165, 1.54) is 23.1 Å². The van der Waals surface area contributed by atoms with Crippen LogP contribution in [0.15, 0.2) is 39.9 Å². The number of nitrogens with one attached hydrogen (secondary N) is 1. The lowest BCUT2D eigenvalue weighted by atomic mass is 10.0. The molecule has 2 amide bonds. The van der Waals surface area contributed by atoms with E-state index in [2.05, 4.69) is 15.0 Å². The van der Waals surface area contributed by atoms with Gasteiger partial charge in [0.25, 0.3) is 5.91 Å². The maximum absolute atomic E-state index is 13.1. The van der Waals surface area contributed by atoms with Crippen LogP contribution >= 0.6 is 57.9 Å². The van der Waals surface area contributed by atoms with Gasteiger partial charge in [-0.05, 0) is 17.7 Å². The number of alkyl halides is 3. The summed E-state index contributed by atoms with van der Waals surface area (Å²) in [4.78, 5) is 42.7. The molecule has 10 nitrogen and oxygen atoms in total. The molecule has 16 heteroatoms.